The van der Waals surface area contributed by atoms with Crippen LogP contribution in [-0.4, -0.2) is 46.2 Å². The predicted molar refractivity (Wildman–Crippen MR) is 102 cm³/mol. The van der Waals surface area contributed by atoms with Gasteiger partial charge in [-0.25, -0.2) is 9.98 Å². The fraction of sp³-hybridized carbons (Fsp3) is 0.471. The Morgan fingerprint density at radius 2 is 2.21 bits per heavy atom. The van der Waals surface area contributed by atoms with Gasteiger partial charge in [0.2, 0.25) is 0 Å². The number of aliphatic imine (C=N–C) groups is 1. The quantitative estimate of drug-likeness (QED) is 0.370. The van der Waals surface area contributed by atoms with E-state index in [0.29, 0.717) is 6.54 Å². The fourth-order valence-electron chi connectivity index (χ4n) is 2.25. The number of aromatic nitrogens is 3. The lowest BCUT2D eigenvalue weighted by Crippen LogP contribution is -2.37. The van der Waals surface area contributed by atoms with Crippen LogP contribution in [0.3, 0.4) is 0 Å². The van der Waals surface area contributed by atoms with Crippen LogP contribution < -0.4 is 10.6 Å². The molecule has 6 nitrogen and oxygen atoms in total. The van der Waals surface area contributed by atoms with Gasteiger partial charge in [0.1, 0.15) is 6.33 Å². The van der Waals surface area contributed by atoms with Gasteiger partial charge in [0.15, 0.2) is 11.8 Å². The highest BCUT2D eigenvalue weighted by molar-refractivity contribution is 7.98. The normalized spacial score (nSPS) is 11.5. The lowest BCUT2D eigenvalue weighted by molar-refractivity contribution is 0.734. The third-order valence-electron chi connectivity index (χ3n) is 3.45. The number of thioether (sulfide) groups is 1. The molecule has 3 N–H and O–H groups in total. The van der Waals surface area contributed by atoms with Crippen molar-refractivity contribution in [1.29, 1.82) is 0 Å². The minimum Gasteiger partial charge on any atom is -0.357 e. The van der Waals surface area contributed by atoms with Gasteiger partial charge in [-0.15, -0.1) is 0 Å². The number of hydrogen-bond donors (Lipinski definition) is 3. The van der Waals surface area contributed by atoms with Crippen molar-refractivity contribution in [1.82, 2.24) is 25.8 Å². The lowest BCUT2D eigenvalue weighted by atomic mass is 10.1. The second-order valence-electron chi connectivity index (χ2n) is 5.36. The number of nitrogens with one attached hydrogen (secondary N) is 3. The Balaban J connectivity index is 1.91. The molecular formula is C17H26N6S. The minimum atomic E-state index is 0.627. The van der Waals surface area contributed by atoms with E-state index in [1.807, 2.05) is 23.9 Å². The number of nitrogens with zero attached hydrogens (tertiary/aromatic N) is 3. The molecule has 0 aliphatic rings. The standard InChI is InChI=1S/C17H26N6S/c1-3-18-17(19-9-4-5-10-24-2)20-12-14-7-6-8-15(11-14)16-21-13-22-23-16/h6-8,11,13H,3-5,9-10,12H2,1-2H3,(H2,18,19,20)(H,21,22,23). The number of hydrogen-bond acceptors (Lipinski definition) is 4. The molecule has 0 radical (unpaired) electrons. The maximum atomic E-state index is 4.67. The first kappa shape index (κ1) is 18.3. The van der Waals surface area contributed by atoms with Gasteiger partial charge in [-0.05, 0) is 43.4 Å². The molecular weight excluding hydrogens is 320 g/mol. The van der Waals surface area contributed by atoms with Crippen LogP contribution in [-0.2, 0) is 6.54 Å². The van der Waals surface area contributed by atoms with Gasteiger partial charge in [0.05, 0.1) is 6.54 Å². The molecule has 1 aromatic heterocycles. The molecule has 0 fully saturated rings. The molecule has 0 saturated heterocycles. The number of aromatic amines is 1. The Hall–Kier alpha value is -2.02. The van der Waals surface area contributed by atoms with Crippen molar-refractivity contribution in [2.75, 3.05) is 25.1 Å². The molecule has 1 aromatic carbocycles. The SMILES string of the molecule is CCNC(=NCc1cccc(-c2ncn[nH]2)c1)NCCCCSC. The zero-order valence-corrected chi connectivity index (χ0v) is 15.2. The van der Waals surface area contributed by atoms with Gasteiger partial charge >= 0.3 is 0 Å². The van der Waals surface area contributed by atoms with Gasteiger partial charge in [-0.1, -0.05) is 18.2 Å². The number of guanidine groups is 1. The van der Waals surface area contributed by atoms with Crippen LogP contribution in [0.15, 0.2) is 35.6 Å². The van der Waals surface area contributed by atoms with E-state index in [-0.39, 0.29) is 0 Å². The Labute approximate surface area is 148 Å². The summed E-state index contributed by atoms with van der Waals surface area (Å²) in [7, 11) is 0. The van der Waals surface area contributed by atoms with Crippen LogP contribution in [0.4, 0.5) is 0 Å². The molecule has 130 valence electrons. The average Bonchev–Trinajstić information content (AvgIpc) is 3.14. The summed E-state index contributed by atoms with van der Waals surface area (Å²) >= 11 is 1.89. The molecule has 2 rings (SSSR count). The highest BCUT2D eigenvalue weighted by Crippen LogP contribution is 2.15. The molecule has 7 heteroatoms. The number of benzene rings is 1. The van der Waals surface area contributed by atoms with E-state index in [4.69, 9.17) is 0 Å². The van der Waals surface area contributed by atoms with E-state index in [9.17, 15) is 0 Å². The number of unbranched alkanes of at least 4 members (excludes halogenated alkanes) is 1. The van der Waals surface area contributed by atoms with E-state index in [1.54, 1.807) is 0 Å². The van der Waals surface area contributed by atoms with Gasteiger partial charge in [-0.3, -0.25) is 5.10 Å². The van der Waals surface area contributed by atoms with Crippen LogP contribution in [0.1, 0.15) is 25.3 Å². The van der Waals surface area contributed by atoms with Gasteiger partial charge in [-0.2, -0.15) is 16.9 Å². The molecule has 0 atom stereocenters. The van der Waals surface area contributed by atoms with E-state index in [2.05, 4.69) is 56.1 Å². The zero-order valence-electron chi connectivity index (χ0n) is 14.4. The highest BCUT2D eigenvalue weighted by atomic mass is 32.2. The Morgan fingerprint density at radius 1 is 1.29 bits per heavy atom. The molecule has 24 heavy (non-hydrogen) atoms. The summed E-state index contributed by atoms with van der Waals surface area (Å²) in [4.78, 5) is 8.86. The first-order valence-corrected chi connectivity index (χ1v) is 9.68. The molecule has 1 heterocycles. The van der Waals surface area contributed by atoms with Gasteiger partial charge in [0.25, 0.3) is 0 Å². The topological polar surface area (TPSA) is 78.0 Å². The Bertz CT molecular complexity index is 611. The molecule has 0 bridgehead atoms. The zero-order chi connectivity index (χ0) is 17.0. The molecule has 0 amide bonds. The van der Waals surface area contributed by atoms with Crippen molar-refractivity contribution in [2.45, 2.75) is 26.3 Å². The van der Waals surface area contributed by atoms with E-state index in [1.165, 1.54) is 18.5 Å². The summed E-state index contributed by atoms with van der Waals surface area (Å²) in [5.41, 5.74) is 2.17. The molecule has 0 saturated carbocycles. The van der Waals surface area contributed by atoms with Crippen molar-refractivity contribution in [3.05, 3.63) is 36.2 Å². The van der Waals surface area contributed by atoms with Crippen LogP contribution >= 0.6 is 11.8 Å². The average molecular weight is 347 g/mol. The summed E-state index contributed by atoms with van der Waals surface area (Å²) in [5.74, 6) is 2.86. The molecule has 0 unspecified atom stereocenters. The molecule has 0 spiro atoms. The highest BCUT2D eigenvalue weighted by Gasteiger charge is 2.02. The van der Waals surface area contributed by atoms with Crippen molar-refractivity contribution < 1.29 is 0 Å². The summed E-state index contributed by atoms with van der Waals surface area (Å²) in [6.45, 7) is 4.51. The van der Waals surface area contributed by atoms with Crippen molar-refractivity contribution in [3.63, 3.8) is 0 Å². The molecule has 0 aliphatic heterocycles. The smallest absolute Gasteiger partial charge is 0.191 e. The number of rotatable bonds is 9. The summed E-state index contributed by atoms with van der Waals surface area (Å²) in [6, 6.07) is 8.20. The monoisotopic (exact) mass is 346 g/mol. The first-order valence-electron chi connectivity index (χ1n) is 8.29. The second-order valence-corrected chi connectivity index (χ2v) is 6.34. The van der Waals surface area contributed by atoms with Gasteiger partial charge < -0.3 is 10.6 Å². The first-order chi connectivity index (χ1) is 11.8. The molecule has 0 aliphatic carbocycles. The van der Waals surface area contributed by atoms with Gasteiger partial charge in [0, 0.05) is 18.7 Å². The maximum Gasteiger partial charge on any atom is 0.191 e. The third kappa shape index (κ3) is 6.23. The molecule has 2 aromatic rings. The Morgan fingerprint density at radius 3 is 2.96 bits per heavy atom. The largest absolute Gasteiger partial charge is 0.357 e. The predicted octanol–water partition coefficient (Wildman–Crippen LogP) is 2.67. The fourth-order valence-corrected chi connectivity index (χ4v) is 2.74. The minimum absolute atomic E-state index is 0.627. The second kappa shape index (κ2) is 10.7. The van der Waals surface area contributed by atoms with Crippen molar-refractivity contribution in [3.8, 4) is 11.4 Å². The van der Waals surface area contributed by atoms with E-state index < -0.39 is 0 Å². The van der Waals surface area contributed by atoms with Crippen LogP contribution in [0.25, 0.3) is 11.4 Å². The van der Waals surface area contributed by atoms with Crippen LogP contribution in [0, 0.1) is 0 Å². The summed E-state index contributed by atoms with van der Waals surface area (Å²) < 4.78 is 0. The third-order valence-corrected chi connectivity index (χ3v) is 4.14. The van der Waals surface area contributed by atoms with E-state index in [0.717, 1.165) is 42.4 Å². The lowest BCUT2D eigenvalue weighted by Gasteiger charge is -2.11. The van der Waals surface area contributed by atoms with Crippen LogP contribution in [0.2, 0.25) is 0 Å². The van der Waals surface area contributed by atoms with Crippen molar-refractivity contribution >= 4 is 17.7 Å². The van der Waals surface area contributed by atoms with Crippen LogP contribution in [0.5, 0.6) is 0 Å². The Kier molecular flexibility index (Phi) is 8.17. The van der Waals surface area contributed by atoms with E-state index >= 15 is 0 Å². The van der Waals surface area contributed by atoms with Crippen molar-refractivity contribution in [2.24, 2.45) is 4.99 Å². The number of H-pyrrole nitrogens is 1. The maximum absolute atomic E-state index is 4.67. The summed E-state index contributed by atoms with van der Waals surface area (Å²) in [5, 5.41) is 13.5. The summed E-state index contributed by atoms with van der Waals surface area (Å²) in [6.07, 6.45) is 6.05.